The molecule has 1 aliphatic rings. The van der Waals surface area contributed by atoms with Gasteiger partial charge < -0.3 is 15.8 Å². The summed E-state index contributed by atoms with van der Waals surface area (Å²) >= 11 is 0. The van der Waals surface area contributed by atoms with Gasteiger partial charge in [-0.05, 0) is 31.5 Å². The van der Waals surface area contributed by atoms with Crippen LogP contribution >= 0.6 is 0 Å². The van der Waals surface area contributed by atoms with Crippen LogP contribution in [0.4, 0.5) is 5.69 Å². The monoisotopic (exact) mass is 276 g/mol. The summed E-state index contributed by atoms with van der Waals surface area (Å²) in [6, 6.07) is 10.4. The molecule has 0 amide bonds. The minimum Gasteiger partial charge on any atom is -0.383 e. The van der Waals surface area contributed by atoms with Crippen LogP contribution in [0.1, 0.15) is 12.8 Å². The highest BCUT2D eigenvalue weighted by Crippen LogP contribution is 2.16. The van der Waals surface area contributed by atoms with E-state index in [0.717, 1.165) is 31.9 Å². The number of hydrogen-bond acceptors (Lipinski definition) is 3. The Labute approximate surface area is 120 Å². The van der Waals surface area contributed by atoms with Crippen LogP contribution in [0, 0.1) is 0 Å². The van der Waals surface area contributed by atoms with Crippen molar-refractivity contribution in [1.29, 1.82) is 0 Å². The summed E-state index contributed by atoms with van der Waals surface area (Å²) in [4.78, 5) is 6.89. The van der Waals surface area contributed by atoms with Crippen molar-refractivity contribution in [2.24, 2.45) is 10.7 Å². The molecular formula is C15H24N4O. The number of benzene rings is 1. The maximum atomic E-state index is 5.93. The van der Waals surface area contributed by atoms with Crippen molar-refractivity contribution in [2.45, 2.75) is 18.9 Å². The average molecular weight is 276 g/mol. The zero-order valence-electron chi connectivity index (χ0n) is 12.1. The summed E-state index contributed by atoms with van der Waals surface area (Å²) in [5.74, 6) is 0.481. The molecule has 1 aliphatic heterocycles. The highest BCUT2D eigenvalue weighted by molar-refractivity contribution is 5.92. The van der Waals surface area contributed by atoms with Crippen molar-refractivity contribution in [3.63, 3.8) is 0 Å². The predicted octanol–water partition coefficient (Wildman–Crippen LogP) is 1.52. The van der Waals surface area contributed by atoms with Gasteiger partial charge in [-0.1, -0.05) is 18.2 Å². The normalized spacial score (nSPS) is 20.2. The molecule has 5 heteroatoms. The molecule has 0 aliphatic carbocycles. The Morgan fingerprint density at radius 1 is 1.45 bits per heavy atom. The first-order valence-corrected chi connectivity index (χ1v) is 7.14. The number of ether oxygens (including phenoxy) is 1. The van der Waals surface area contributed by atoms with E-state index in [9.17, 15) is 0 Å². The molecule has 1 atom stereocenters. The van der Waals surface area contributed by atoms with Crippen LogP contribution in [-0.4, -0.2) is 50.3 Å². The number of aliphatic imine (C=N–C) groups is 1. The van der Waals surface area contributed by atoms with E-state index in [2.05, 4.69) is 15.2 Å². The van der Waals surface area contributed by atoms with Gasteiger partial charge in [-0.15, -0.1) is 0 Å². The molecule has 0 radical (unpaired) electrons. The van der Waals surface area contributed by atoms with Crippen molar-refractivity contribution >= 4 is 11.6 Å². The molecule has 2 rings (SSSR count). The van der Waals surface area contributed by atoms with Gasteiger partial charge in [0.15, 0.2) is 5.96 Å². The van der Waals surface area contributed by atoms with Crippen molar-refractivity contribution < 1.29 is 4.74 Å². The van der Waals surface area contributed by atoms with E-state index in [4.69, 9.17) is 10.5 Å². The Morgan fingerprint density at radius 2 is 2.25 bits per heavy atom. The van der Waals surface area contributed by atoms with E-state index in [1.54, 1.807) is 7.11 Å². The van der Waals surface area contributed by atoms with Gasteiger partial charge in [0.05, 0.1) is 13.2 Å². The summed E-state index contributed by atoms with van der Waals surface area (Å²) in [5, 5.41) is 3.11. The Morgan fingerprint density at radius 3 is 3.00 bits per heavy atom. The fourth-order valence-electron chi connectivity index (χ4n) is 2.52. The fourth-order valence-corrected chi connectivity index (χ4v) is 2.52. The number of nitrogens with one attached hydrogen (secondary N) is 1. The molecule has 1 saturated heterocycles. The Bertz CT molecular complexity index is 421. The van der Waals surface area contributed by atoms with Gasteiger partial charge in [-0.25, -0.2) is 0 Å². The van der Waals surface area contributed by atoms with E-state index in [0.29, 0.717) is 12.0 Å². The molecule has 1 heterocycles. The van der Waals surface area contributed by atoms with Gasteiger partial charge >= 0.3 is 0 Å². The molecule has 0 aromatic heterocycles. The Balaban J connectivity index is 1.81. The standard InChI is InChI=1S/C15H24N4O/c1-20-11-10-19-9-5-8-14(19)12-17-15(16)18-13-6-3-2-4-7-13/h2-4,6-7,14H,5,8-12H2,1H3,(H3,16,17,18). The van der Waals surface area contributed by atoms with Crippen LogP contribution in [0.15, 0.2) is 35.3 Å². The lowest BCUT2D eigenvalue weighted by Crippen LogP contribution is -2.35. The Hall–Kier alpha value is -1.59. The molecule has 0 saturated carbocycles. The molecule has 0 bridgehead atoms. The minimum atomic E-state index is 0.481. The molecule has 0 spiro atoms. The molecule has 3 N–H and O–H groups in total. The first-order valence-electron chi connectivity index (χ1n) is 7.14. The lowest BCUT2D eigenvalue weighted by Gasteiger charge is -2.22. The molecule has 110 valence electrons. The van der Waals surface area contributed by atoms with E-state index >= 15 is 0 Å². The molecule has 1 aromatic carbocycles. The van der Waals surface area contributed by atoms with E-state index in [1.165, 1.54) is 12.8 Å². The van der Waals surface area contributed by atoms with Crippen molar-refractivity contribution in [3.05, 3.63) is 30.3 Å². The molecule has 1 fully saturated rings. The summed E-state index contributed by atoms with van der Waals surface area (Å²) in [6.07, 6.45) is 2.42. The van der Waals surface area contributed by atoms with Crippen LogP contribution in [0.5, 0.6) is 0 Å². The second kappa shape index (κ2) is 7.87. The number of guanidine groups is 1. The molecule has 5 nitrogen and oxygen atoms in total. The lowest BCUT2D eigenvalue weighted by atomic mass is 10.2. The lowest BCUT2D eigenvalue weighted by molar-refractivity contribution is 0.143. The summed E-state index contributed by atoms with van der Waals surface area (Å²) in [6.45, 7) is 3.63. The molecule has 20 heavy (non-hydrogen) atoms. The van der Waals surface area contributed by atoms with Gasteiger partial charge in [-0.2, -0.15) is 0 Å². The summed E-state index contributed by atoms with van der Waals surface area (Å²) in [7, 11) is 1.74. The highest BCUT2D eigenvalue weighted by Gasteiger charge is 2.23. The second-order valence-corrected chi connectivity index (χ2v) is 5.04. The first-order chi connectivity index (χ1) is 9.79. The summed E-state index contributed by atoms with van der Waals surface area (Å²) < 4.78 is 5.14. The van der Waals surface area contributed by atoms with E-state index in [-0.39, 0.29) is 0 Å². The third-order valence-corrected chi connectivity index (χ3v) is 3.60. The highest BCUT2D eigenvalue weighted by atomic mass is 16.5. The largest absolute Gasteiger partial charge is 0.383 e. The molecular weight excluding hydrogens is 252 g/mol. The van der Waals surface area contributed by atoms with E-state index in [1.807, 2.05) is 30.3 Å². The molecule has 1 aromatic rings. The SMILES string of the molecule is COCCN1CCCC1CN=C(N)Nc1ccccc1. The van der Waals surface area contributed by atoms with Crippen LogP contribution in [-0.2, 0) is 4.74 Å². The van der Waals surface area contributed by atoms with E-state index < -0.39 is 0 Å². The van der Waals surface area contributed by atoms with Crippen LogP contribution < -0.4 is 11.1 Å². The smallest absolute Gasteiger partial charge is 0.193 e. The number of para-hydroxylation sites is 1. The van der Waals surface area contributed by atoms with Gasteiger partial charge in [0.1, 0.15) is 0 Å². The first kappa shape index (κ1) is 14.8. The fraction of sp³-hybridized carbons (Fsp3) is 0.533. The van der Waals surface area contributed by atoms with Crippen molar-refractivity contribution in [2.75, 3.05) is 38.7 Å². The predicted molar refractivity (Wildman–Crippen MR) is 83.0 cm³/mol. The topological polar surface area (TPSA) is 62.9 Å². The number of nitrogens with zero attached hydrogens (tertiary/aromatic N) is 2. The van der Waals surface area contributed by atoms with Crippen LogP contribution in [0.2, 0.25) is 0 Å². The van der Waals surface area contributed by atoms with Gasteiger partial charge in [0, 0.05) is 25.4 Å². The number of rotatable bonds is 6. The maximum Gasteiger partial charge on any atom is 0.193 e. The summed E-state index contributed by atoms with van der Waals surface area (Å²) in [5.41, 5.74) is 6.89. The maximum absolute atomic E-state index is 5.93. The Kier molecular flexibility index (Phi) is 5.83. The van der Waals surface area contributed by atoms with Crippen molar-refractivity contribution in [3.8, 4) is 0 Å². The van der Waals surface area contributed by atoms with Crippen molar-refractivity contribution in [1.82, 2.24) is 4.90 Å². The van der Waals surface area contributed by atoms with Gasteiger partial charge in [0.2, 0.25) is 0 Å². The number of hydrogen-bond donors (Lipinski definition) is 2. The third-order valence-electron chi connectivity index (χ3n) is 3.60. The number of anilines is 1. The second-order valence-electron chi connectivity index (χ2n) is 5.04. The molecule has 1 unspecified atom stereocenters. The van der Waals surface area contributed by atoms with Gasteiger partial charge in [0.25, 0.3) is 0 Å². The van der Waals surface area contributed by atoms with Gasteiger partial charge in [-0.3, -0.25) is 9.89 Å². The number of nitrogens with two attached hydrogens (primary N) is 1. The zero-order chi connectivity index (χ0) is 14.2. The zero-order valence-corrected chi connectivity index (χ0v) is 12.1. The minimum absolute atomic E-state index is 0.481. The number of methoxy groups -OCH3 is 1. The van der Waals surface area contributed by atoms with Crippen LogP contribution in [0.25, 0.3) is 0 Å². The average Bonchev–Trinajstić information content (AvgIpc) is 2.91. The van der Waals surface area contributed by atoms with Crippen LogP contribution in [0.3, 0.4) is 0 Å². The third kappa shape index (κ3) is 4.51. The number of likely N-dealkylation sites (tertiary alicyclic amines) is 1. The quantitative estimate of drug-likeness (QED) is 0.611.